The van der Waals surface area contributed by atoms with Crippen LogP contribution in [0.4, 0.5) is 0 Å². The van der Waals surface area contributed by atoms with Crippen LogP contribution in [0.5, 0.6) is 0 Å². The van der Waals surface area contributed by atoms with E-state index in [0.717, 1.165) is 37.2 Å². The van der Waals surface area contributed by atoms with Gasteiger partial charge in [0.15, 0.2) is 0 Å². The molecule has 1 aliphatic carbocycles. The summed E-state index contributed by atoms with van der Waals surface area (Å²) in [7, 11) is 0. The average molecular weight is 371 g/mol. The van der Waals surface area contributed by atoms with Gasteiger partial charge < -0.3 is 10.0 Å². The summed E-state index contributed by atoms with van der Waals surface area (Å²) >= 11 is 0. The lowest BCUT2D eigenvalue weighted by Gasteiger charge is -2.21. The number of aryl methyl sites for hydroxylation is 3. The first-order chi connectivity index (χ1) is 12.9. The molecule has 8 heteroatoms. The molecule has 27 heavy (non-hydrogen) atoms. The van der Waals surface area contributed by atoms with Crippen molar-refractivity contribution in [3.63, 3.8) is 0 Å². The Morgan fingerprint density at radius 3 is 2.78 bits per heavy atom. The summed E-state index contributed by atoms with van der Waals surface area (Å²) in [4.78, 5) is 30.7. The molecule has 0 bridgehead atoms. The third kappa shape index (κ3) is 3.66. The number of rotatable bonds is 4. The molecule has 2 aromatic heterocycles. The van der Waals surface area contributed by atoms with Gasteiger partial charge in [0.05, 0.1) is 17.9 Å². The molecular formula is C19H25N5O3. The standard InChI is InChI=1S/C19H25N5O3/c1-12-8-13(2)23(19(27)20-12)11-17(25)22-6-3-7-24-15(10-22)9-16(21-24)18(26)14-4-5-14/h8-9,14,18,26H,3-7,10-11H2,1-2H3. The van der Waals surface area contributed by atoms with Crippen molar-refractivity contribution < 1.29 is 9.90 Å². The molecule has 144 valence electrons. The van der Waals surface area contributed by atoms with Gasteiger partial charge in [-0.25, -0.2) is 4.79 Å². The molecule has 0 saturated heterocycles. The minimum atomic E-state index is -0.506. The van der Waals surface area contributed by atoms with Crippen LogP contribution in [-0.4, -0.2) is 41.8 Å². The van der Waals surface area contributed by atoms with Crippen molar-refractivity contribution in [2.45, 2.75) is 58.8 Å². The van der Waals surface area contributed by atoms with Crippen molar-refractivity contribution in [2.75, 3.05) is 6.54 Å². The van der Waals surface area contributed by atoms with E-state index in [9.17, 15) is 14.7 Å². The minimum Gasteiger partial charge on any atom is -0.386 e. The second-order valence-electron chi connectivity index (χ2n) is 7.64. The molecule has 0 spiro atoms. The molecule has 2 aliphatic rings. The van der Waals surface area contributed by atoms with Gasteiger partial charge in [-0.3, -0.25) is 14.0 Å². The van der Waals surface area contributed by atoms with Crippen LogP contribution in [0.2, 0.25) is 0 Å². The molecule has 0 radical (unpaired) electrons. The molecular weight excluding hydrogens is 346 g/mol. The average Bonchev–Trinajstić information content (AvgIpc) is 3.41. The van der Waals surface area contributed by atoms with Crippen LogP contribution in [-0.2, 0) is 24.4 Å². The highest BCUT2D eigenvalue weighted by molar-refractivity contribution is 5.76. The highest BCUT2D eigenvalue weighted by Crippen LogP contribution is 2.40. The number of amides is 1. The number of hydrogen-bond donors (Lipinski definition) is 1. The fourth-order valence-electron chi connectivity index (χ4n) is 3.70. The summed E-state index contributed by atoms with van der Waals surface area (Å²) in [5.41, 5.74) is 2.63. The number of carbonyl (C=O) groups excluding carboxylic acids is 1. The summed E-state index contributed by atoms with van der Waals surface area (Å²) in [6.07, 6.45) is 2.38. The van der Waals surface area contributed by atoms with Gasteiger partial charge >= 0.3 is 5.69 Å². The van der Waals surface area contributed by atoms with Crippen LogP contribution in [0.3, 0.4) is 0 Å². The highest BCUT2D eigenvalue weighted by Gasteiger charge is 2.33. The summed E-state index contributed by atoms with van der Waals surface area (Å²) < 4.78 is 3.32. The number of aromatic nitrogens is 4. The monoisotopic (exact) mass is 371 g/mol. The van der Waals surface area contributed by atoms with E-state index in [0.29, 0.717) is 30.4 Å². The SMILES string of the molecule is Cc1cc(C)n(CC(=O)N2CCCn3nc(C(O)C4CC4)cc3C2)c(=O)n1. The van der Waals surface area contributed by atoms with E-state index >= 15 is 0 Å². The molecule has 1 atom stereocenters. The first kappa shape index (κ1) is 17.9. The Morgan fingerprint density at radius 2 is 2.07 bits per heavy atom. The molecule has 1 aliphatic heterocycles. The number of aliphatic hydroxyl groups is 1. The lowest BCUT2D eigenvalue weighted by Crippen LogP contribution is -2.37. The number of carbonyl (C=O) groups is 1. The molecule has 1 unspecified atom stereocenters. The Morgan fingerprint density at radius 1 is 1.30 bits per heavy atom. The maximum absolute atomic E-state index is 12.8. The molecule has 0 aromatic carbocycles. The second-order valence-corrected chi connectivity index (χ2v) is 7.64. The molecule has 3 heterocycles. The summed E-state index contributed by atoms with van der Waals surface area (Å²) in [6.45, 7) is 5.36. The van der Waals surface area contributed by atoms with Gasteiger partial charge in [-0.15, -0.1) is 0 Å². The largest absolute Gasteiger partial charge is 0.386 e. The topological polar surface area (TPSA) is 93.3 Å². The normalized spacial score (nSPS) is 18.1. The van der Waals surface area contributed by atoms with Crippen molar-refractivity contribution in [2.24, 2.45) is 5.92 Å². The lowest BCUT2D eigenvalue weighted by molar-refractivity contribution is -0.132. The second kappa shape index (κ2) is 6.92. The van der Waals surface area contributed by atoms with E-state index in [2.05, 4.69) is 10.1 Å². The fraction of sp³-hybridized carbons (Fsp3) is 0.579. The van der Waals surface area contributed by atoms with Gasteiger partial charge in [0, 0.05) is 24.5 Å². The molecule has 8 nitrogen and oxygen atoms in total. The van der Waals surface area contributed by atoms with Gasteiger partial charge in [-0.1, -0.05) is 0 Å². The quantitative estimate of drug-likeness (QED) is 0.863. The predicted molar refractivity (Wildman–Crippen MR) is 97.9 cm³/mol. The Hall–Kier alpha value is -2.48. The van der Waals surface area contributed by atoms with Gasteiger partial charge in [0.2, 0.25) is 5.91 Å². The van der Waals surface area contributed by atoms with Crippen LogP contribution in [0.15, 0.2) is 16.9 Å². The minimum absolute atomic E-state index is 0.0103. The van der Waals surface area contributed by atoms with Crippen molar-refractivity contribution in [1.29, 1.82) is 0 Å². The van der Waals surface area contributed by atoms with E-state index in [-0.39, 0.29) is 12.5 Å². The number of aliphatic hydroxyl groups excluding tert-OH is 1. The van der Waals surface area contributed by atoms with Crippen LogP contribution in [0.1, 0.15) is 48.1 Å². The Kier molecular flexibility index (Phi) is 4.59. The number of nitrogens with zero attached hydrogens (tertiary/aromatic N) is 5. The van der Waals surface area contributed by atoms with Gasteiger partial charge in [0.25, 0.3) is 0 Å². The van der Waals surface area contributed by atoms with E-state index in [4.69, 9.17) is 0 Å². The first-order valence-electron chi connectivity index (χ1n) is 9.50. The lowest BCUT2D eigenvalue weighted by atomic mass is 10.1. The third-order valence-corrected chi connectivity index (χ3v) is 5.40. The van der Waals surface area contributed by atoms with Crippen LogP contribution < -0.4 is 5.69 Å². The first-order valence-corrected chi connectivity index (χ1v) is 9.50. The zero-order valence-electron chi connectivity index (χ0n) is 15.8. The van der Waals surface area contributed by atoms with Crippen molar-refractivity contribution >= 4 is 5.91 Å². The summed E-state index contributed by atoms with van der Waals surface area (Å²) in [6, 6.07) is 3.72. The van der Waals surface area contributed by atoms with Gasteiger partial charge in [-0.2, -0.15) is 10.1 Å². The van der Waals surface area contributed by atoms with Crippen molar-refractivity contribution in [1.82, 2.24) is 24.2 Å². The van der Waals surface area contributed by atoms with Gasteiger partial charge in [0.1, 0.15) is 12.6 Å². The maximum atomic E-state index is 12.8. The number of hydrogen-bond acceptors (Lipinski definition) is 5. The predicted octanol–water partition coefficient (Wildman–Crippen LogP) is 0.933. The van der Waals surface area contributed by atoms with E-state index in [1.165, 1.54) is 4.57 Å². The summed E-state index contributed by atoms with van der Waals surface area (Å²) in [5.74, 6) is 0.218. The number of fused-ring (bicyclic) bond motifs is 1. The fourth-order valence-corrected chi connectivity index (χ4v) is 3.70. The highest BCUT2D eigenvalue weighted by atomic mass is 16.3. The summed E-state index contributed by atoms with van der Waals surface area (Å²) in [5, 5.41) is 14.9. The maximum Gasteiger partial charge on any atom is 0.348 e. The van der Waals surface area contributed by atoms with E-state index in [1.807, 2.05) is 17.7 Å². The van der Waals surface area contributed by atoms with Crippen molar-refractivity contribution in [3.05, 3.63) is 45.4 Å². The molecule has 1 fully saturated rings. The molecule has 2 aromatic rings. The van der Waals surface area contributed by atoms with Crippen LogP contribution >= 0.6 is 0 Å². The van der Waals surface area contributed by atoms with Crippen molar-refractivity contribution in [3.8, 4) is 0 Å². The van der Waals surface area contributed by atoms with Crippen LogP contribution in [0, 0.1) is 19.8 Å². The Bertz CT molecular complexity index is 928. The zero-order valence-corrected chi connectivity index (χ0v) is 15.8. The smallest absolute Gasteiger partial charge is 0.348 e. The zero-order chi connectivity index (χ0) is 19.1. The van der Waals surface area contributed by atoms with E-state index < -0.39 is 11.8 Å². The van der Waals surface area contributed by atoms with Gasteiger partial charge in [-0.05, 0) is 51.2 Å². The molecule has 1 amide bonds. The molecule has 1 saturated carbocycles. The third-order valence-electron chi connectivity index (χ3n) is 5.40. The van der Waals surface area contributed by atoms with Crippen LogP contribution in [0.25, 0.3) is 0 Å². The molecule has 1 N–H and O–H groups in total. The Balaban J connectivity index is 1.51. The van der Waals surface area contributed by atoms with E-state index in [1.54, 1.807) is 17.9 Å². The molecule has 4 rings (SSSR count). The Labute approximate surface area is 157 Å².